The number of ketones is 1. The molecule has 0 amide bonds. The van der Waals surface area contributed by atoms with E-state index < -0.39 is 0 Å². The van der Waals surface area contributed by atoms with Crippen molar-refractivity contribution in [3.8, 4) is 0 Å². The first kappa shape index (κ1) is 27.2. The fourth-order valence-corrected chi connectivity index (χ4v) is 10.2. The van der Waals surface area contributed by atoms with Gasteiger partial charge in [0.1, 0.15) is 0 Å². The first-order chi connectivity index (χ1) is 18.3. The molecule has 1 spiro atoms. The third-order valence-corrected chi connectivity index (χ3v) is 12.1. The fourth-order valence-electron chi connectivity index (χ4n) is 10.2. The molecule has 2 heterocycles. The summed E-state index contributed by atoms with van der Waals surface area (Å²) in [5.41, 5.74) is 5.10. The lowest BCUT2D eigenvalue weighted by Gasteiger charge is -2.48. The lowest BCUT2D eigenvalue weighted by atomic mass is 9.56. The van der Waals surface area contributed by atoms with E-state index in [1.165, 1.54) is 37.7 Å². The minimum atomic E-state index is -0.0215. The van der Waals surface area contributed by atoms with Crippen LogP contribution in [-0.4, -0.2) is 68.4 Å². The number of nitrogens with zero attached hydrogens (tertiary/aromatic N) is 1. The van der Waals surface area contributed by atoms with Gasteiger partial charge in [-0.2, -0.15) is 0 Å². The maximum Gasteiger partial charge on any atom is 0.155 e. The Kier molecular flexibility index (Phi) is 7.46. The molecule has 9 atom stereocenters. The van der Waals surface area contributed by atoms with Gasteiger partial charge in [0.05, 0.1) is 31.5 Å². The second-order valence-electron chi connectivity index (χ2n) is 14.1. The van der Waals surface area contributed by atoms with E-state index in [4.69, 9.17) is 14.2 Å². The van der Waals surface area contributed by atoms with Crippen LogP contribution in [0.5, 0.6) is 0 Å². The Hall–Kier alpha value is -1.01. The molecular weight excluding hydrogens is 474 g/mol. The maximum atomic E-state index is 12.2. The van der Waals surface area contributed by atoms with Crippen LogP contribution in [0.15, 0.2) is 22.8 Å². The zero-order valence-electron chi connectivity index (χ0n) is 24.6. The highest BCUT2D eigenvalue weighted by atomic mass is 16.5. The van der Waals surface area contributed by atoms with Crippen LogP contribution in [-0.2, 0) is 19.0 Å². The van der Waals surface area contributed by atoms with Gasteiger partial charge in [0.2, 0.25) is 0 Å². The number of methoxy groups -OCH3 is 1. The highest BCUT2D eigenvalue weighted by molar-refractivity contribution is 5.91. The third-order valence-electron chi connectivity index (χ3n) is 12.1. The predicted octanol–water partition coefficient (Wildman–Crippen LogP) is 5.98. The summed E-state index contributed by atoms with van der Waals surface area (Å²) in [6.45, 7) is 14.1. The normalized spacial score (nSPS) is 44.9. The average Bonchev–Trinajstić information content (AvgIpc) is 3.34. The van der Waals surface area contributed by atoms with Crippen molar-refractivity contribution in [2.75, 3.05) is 40.0 Å². The van der Waals surface area contributed by atoms with E-state index in [9.17, 15) is 4.79 Å². The Morgan fingerprint density at radius 1 is 1.13 bits per heavy atom. The third kappa shape index (κ3) is 4.48. The van der Waals surface area contributed by atoms with E-state index in [0.29, 0.717) is 43.0 Å². The van der Waals surface area contributed by atoms with E-state index in [1.54, 1.807) is 18.3 Å². The Bertz CT molecular complexity index is 987. The number of rotatable bonds is 6. The first-order valence-electron chi connectivity index (χ1n) is 15.7. The summed E-state index contributed by atoms with van der Waals surface area (Å²) in [5.74, 6) is 3.78. The molecule has 0 aromatic heterocycles. The molecule has 5 heteroatoms. The van der Waals surface area contributed by atoms with Gasteiger partial charge in [-0.3, -0.25) is 9.69 Å². The van der Waals surface area contributed by atoms with Gasteiger partial charge in [0, 0.05) is 38.6 Å². The Morgan fingerprint density at radius 3 is 2.79 bits per heavy atom. The molecule has 6 rings (SSSR count). The SMILES string of the molecule is COCCOCCN1C[C@@H](C)CC2O[C@]3(CC[C@@H]4C(=C(C)C3)C[C@H]3C4CCC4=CC(=O)CC[C@@]43C)[C@H](C)[C@@H]21. The number of piperidine rings is 1. The van der Waals surface area contributed by atoms with Crippen molar-refractivity contribution in [3.05, 3.63) is 22.8 Å². The van der Waals surface area contributed by atoms with Crippen molar-refractivity contribution in [2.24, 2.45) is 35.0 Å². The average molecular weight is 526 g/mol. The standard InChI is InChI=1S/C33H51NO4/c1-21-16-30-31(34(20-21)12-13-37-15-14-36-5)23(3)33(38-30)11-9-26-27-7-6-24-17-25(35)8-10-32(24,4)29(27)18-28(26)22(2)19-33/h17,21,23,26-27,29-31H,6-16,18-20H2,1-5H3/t21-,23+,26-,27?,29-,30?,31-,32-,33-/m0/s1. The van der Waals surface area contributed by atoms with Crippen LogP contribution < -0.4 is 0 Å². The van der Waals surface area contributed by atoms with Gasteiger partial charge in [-0.25, -0.2) is 0 Å². The number of likely N-dealkylation sites (tertiary alicyclic amines) is 1. The molecule has 6 aliphatic rings. The molecule has 2 saturated carbocycles. The zero-order valence-corrected chi connectivity index (χ0v) is 24.6. The number of ether oxygens (including phenoxy) is 3. The summed E-state index contributed by atoms with van der Waals surface area (Å²) in [6, 6.07) is 0.502. The number of allylic oxidation sites excluding steroid dienone is 3. The monoisotopic (exact) mass is 525 g/mol. The molecule has 0 bridgehead atoms. The molecule has 2 saturated heterocycles. The minimum absolute atomic E-state index is 0.0215. The zero-order chi connectivity index (χ0) is 26.7. The summed E-state index contributed by atoms with van der Waals surface area (Å²) in [6.07, 6.45) is 12.6. The molecule has 212 valence electrons. The molecule has 5 nitrogen and oxygen atoms in total. The van der Waals surface area contributed by atoms with Crippen LogP contribution in [0.25, 0.3) is 0 Å². The summed E-state index contributed by atoms with van der Waals surface area (Å²) in [4.78, 5) is 14.9. The number of fused-ring (bicyclic) bond motifs is 6. The van der Waals surface area contributed by atoms with Gasteiger partial charge in [-0.15, -0.1) is 0 Å². The molecule has 0 N–H and O–H groups in total. The Balaban J connectivity index is 1.21. The minimum Gasteiger partial charge on any atom is -0.382 e. The van der Waals surface area contributed by atoms with E-state index in [1.807, 2.05) is 6.08 Å². The molecular formula is C33H51NO4. The van der Waals surface area contributed by atoms with Crippen molar-refractivity contribution in [2.45, 2.75) is 103 Å². The summed E-state index contributed by atoms with van der Waals surface area (Å²) in [7, 11) is 1.73. The molecule has 4 aliphatic carbocycles. The van der Waals surface area contributed by atoms with Gasteiger partial charge in [-0.05, 0) is 93.5 Å². The number of carbonyl (C=O) groups is 1. The molecule has 0 aromatic rings. The molecule has 0 radical (unpaired) electrons. The van der Waals surface area contributed by atoms with E-state index in [-0.39, 0.29) is 11.0 Å². The Labute approximate surface area is 230 Å². The quantitative estimate of drug-likeness (QED) is 0.316. The van der Waals surface area contributed by atoms with Crippen molar-refractivity contribution in [3.63, 3.8) is 0 Å². The van der Waals surface area contributed by atoms with Crippen LogP contribution in [0, 0.1) is 35.0 Å². The van der Waals surface area contributed by atoms with Crippen LogP contribution in [0.1, 0.15) is 85.5 Å². The smallest absolute Gasteiger partial charge is 0.155 e. The van der Waals surface area contributed by atoms with Crippen LogP contribution >= 0.6 is 0 Å². The topological polar surface area (TPSA) is 48.0 Å². The fraction of sp³-hybridized carbons (Fsp3) is 0.848. The van der Waals surface area contributed by atoms with Crippen molar-refractivity contribution in [1.29, 1.82) is 0 Å². The lowest BCUT2D eigenvalue weighted by molar-refractivity contribution is -0.116. The van der Waals surface area contributed by atoms with Gasteiger partial charge >= 0.3 is 0 Å². The van der Waals surface area contributed by atoms with E-state index in [0.717, 1.165) is 63.1 Å². The first-order valence-corrected chi connectivity index (χ1v) is 15.7. The highest BCUT2D eigenvalue weighted by Crippen LogP contribution is 2.64. The Morgan fingerprint density at radius 2 is 1.97 bits per heavy atom. The summed E-state index contributed by atoms with van der Waals surface area (Å²) < 4.78 is 18.3. The van der Waals surface area contributed by atoms with Gasteiger partial charge in [0.25, 0.3) is 0 Å². The molecule has 4 fully saturated rings. The molecule has 38 heavy (non-hydrogen) atoms. The number of hydrogen-bond donors (Lipinski definition) is 0. The van der Waals surface area contributed by atoms with Crippen LogP contribution in [0.4, 0.5) is 0 Å². The van der Waals surface area contributed by atoms with Crippen molar-refractivity contribution in [1.82, 2.24) is 4.90 Å². The van der Waals surface area contributed by atoms with Gasteiger partial charge < -0.3 is 14.2 Å². The number of carbonyl (C=O) groups excluding carboxylic acids is 1. The largest absolute Gasteiger partial charge is 0.382 e. The lowest BCUT2D eigenvalue weighted by Crippen LogP contribution is -2.52. The van der Waals surface area contributed by atoms with Crippen LogP contribution in [0.3, 0.4) is 0 Å². The second kappa shape index (κ2) is 10.4. The molecule has 2 aliphatic heterocycles. The summed E-state index contributed by atoms with van der Waals surface area (Å²) in [5, 5.41) is 0. The highest BCUT2D eigenvalue weighted by Gasteiger charge is 2.59. The van der Waals surface area contributed by atoms with Gasteiger partial charge in [0.15, 0.2) is 5.78 Å². The second-order valence-corrected chi connectivity index (χ2v) is 14.1. The van der Waals surface area contributed by atoms with Gasteiger partial charge in [-0.1, -0.05) is 37.5 Å². The van der Waals surface area contributed by atoms with Crippen molar-refractivity contribution < 1.29 is 19.0 Å². The molecule has 2 unspecified atom stereocenters. The molecule has 0 aromatic carbocycles. The predicted molar refractivity (Wildman–Crippen MR) is 150 cm³/mol. The number of hydrogen-bond acceptors (Lipinski definition) is 5. The maximum absolute atomic E-state index is 12.2. The van der Waals surface area contributed by atoms with E-state index >= 15 is 0 Å². The van der Waals surface area contributed by atoms with E-state index in [2.05, 4.69) is 32.6 Å². The van der Waals surface area contributed by atoms with Crippen molar-refractivity contribution >= 4 is 5.78 Å². The van der Waals surface area contributed by atoms with Crippen LogP contribution in [0.2, 0.25) is 0 Å². The summed E-state index contributed by atoms with van der Waals surface area (Å²) >= 11 is 0.